The van der Waals surface area contributed by atoms with E-state index >= 15 is 0 Å². The molecule has 4 heteroatoms. The number of anilines is 1. The molecule has 1 aliphatic heterocycles. The van der Waals surface area contributed by atoms with Crippen LogP contribution in [0, 0.1) is 0 Å². The summed E-state index contributed by atoms with van der Waals surface area (Å²) >= 11 is 0. The summed E-state index contributed by atoms with van der Waals surface area (Å²) in [6, 6.07) is 9.35. The average molecular weight is 233 g/mol. The van der Waals surface area contributed by atoms with E-state index in [-0.39, 0.29) is 6.03 Å². The number of likely N-dealkylation sites (tertiary alicyclic amines) is 1. The van der Waals surface area contributed by atoms with Crippen LogP contribution >= 0.6 is 0 Å². The molecule has 1 aliphatic rings. The normalized spacial score (nSPS) is 16.5. The fraction of sp³-hybridized carbons (Fsp3) is 0.462. The topological polar surface area (TPSA) is 44.4 Å². The molecule has 0 saturated carbocycles. The number of rotatable bonds is 3. The van der Waals surface area contributed by atoms with E-state index in [1.54, 1.807) is 0 Å². The fourth-order valence-corrected chi connectivity index (χ4v) is 2.00. The van der Waals surface area contributed by atoms with Crippen LogP contribution in [0.15, 0.2) is 30.3 Å². The van der Waals surface area contributed by atoms with Gasteiger partial charge in [0.25, 0.3) is 0 Å². The molecule has 1 aromatic carbocycles. The van der Waals surface area contributed by atoms with Gasteiger partial charge in [-0.2, -0.15) is 0 Å². The fourth-order valence-electron chi connectivity index (χ4n) is 2.00. The van der Waals surface area contributed by atoms with E-state index in [2.05, 4.69) is 15.5 Å². The minimum atomic E-state index is -0.137. The minimum absolute atomic E-state index is 0.137. The lowest BCUT2D eigenvalue weighted by atomic mass is 10.1. The van der Waals surface area contributed by atoms with Crippen molar-refractivity contribution < 1.29 is 4.79 Å². The Morgan fingerprint density at radius 3 is 2.53 bits per heavy atom. The maximum Gasteiger partial charge on any atom is 0.320 e. The van der Waals surface area contributed by atoms with Crippen LogP contribution in [0.3, 0.4) is 0 Å². The minimum Gasteiger partial charge on any atom is -0.325 e. The van der Waals surface area contributed by atoms with Gasteiger partial charge in [-0.1, -0.05) is 24.6 Å². The summed E-state index contributed by atoms with van der Waals surface area (Å²) in [7, 11) is 0. The predicted molar refractivity (Wildman–Crippen MR) is 68.9 cm³/mol. The van der Waals surface area contributed by atoms with Crippen molar-refractivity contribution >= 4 is 11.7 Å². The first-order chi connectivity index (χ1) is 8.34. The van der Waals surface area contributed by atoms with E-state index in [0.717, 1.165) is 18.8 Å². The third-order valence-electron chi connectivity index (χ3n) is 2.94. The first-order valence-electron chi connectivity index (χ1n) is 6.17. The zero-order valence-corrected chi connectivity index (χ0v) is 9.98. The van der Waals surface area contributed by atoms with Crippen molar-refractivity contribution in [1.82, 2.24) is 10.2 Å². The number of para-hydroxylation sites is 1. The third kappa shape index (κ3) is 4.07. The number of carbonyl (C=O) groups is 1. The third-order valence-corrected chi connectivity index (χ3v) is 2.94. The Labute approximate surface area is 102 Å². The molecule has 2 rings (SSSR count). The molecule has 1 heterocycles. The van der Waals surface area contributed by atoms with E-state index in [4.69, 9.17) is 0 Å². The number of carbonyl (C=O) groups excluding carboxylic acids is 1. The Hall–Kier alpha value is -1.55. The SMILES string of the molecule is O=C(NCN1CCCCC1)Nc1ccccc1. The molecule has 92 valence electrons. The Morgan fingerprint density at radius 2 is 1.82 bits per heavy atom. The molecule has 0 bridgehead atoms. The second-order valence-electron chi connectivity index (χ2n) is 4.33. The molecule has 0 aliphatic carbocycles. The summed E-state index contributed by atoms with van der Waals surface area (Å²) in [6.07, 6.45) is 3.79. The first kappa shape index (κ1) is 11.9. The number of urea groups is 1. The summed E-state index contributed by atoms with van der Waals surface area (Å²) in [4.78, 5) is 13.9. The van der Waals surface area contributed by atoms with Crippen LogP contribution in [0.4, 0.5) is 10.5 Å². The molecule has 4 nitrogen and oxygen atoms in total. The highest BCUT2D eigenvalue weighted by Crippen LogP contribution is 2.07. The van der Waals surface area contributed by atoms with Crippen molar-refractivity contribution in [3.8, 4) is 0 Å². The van der Waals surface area contributed by atoms with Crippen LogP contribution in [0.5, 0.6) is 0 Å². The molecule has 2 amide bonds. The van der Waals surface area contributed by atoms with Gasteiger partial charge in [-0.15, -0.1) is 0 Å². The van der Waals surface area contributed by atoms with E-state index in [0.29, 0.717) is 6.67 Å². The van der Waals surface area contributed by atoms with Gasteiger partial charge in [0.15, 0.2) is 0 Å². The molecule has 1 fully saturated rings. The van der Waals surface area contributed by atoms with Gasteiger partial charge < -0.3 is 10.6 Å². The van der Waals surface area contributed by atoms with Crippen molar-refractivity contribution in [3.63, 3.8) is 0 Å². The number of hydrogen-bond acceptors (Lipinski definition) is 2. The van der Waals surface area contributed by atoms with Crippen LogP contribution in [0.2, 0.25) is 0 Å². The predicted octanol–water partition coefficient (Wildman–Crippen LogP) is 2.25. The van der Waals surface area contributed by atoms with Crippen LogP contribution < -0.4 is 10.6 Å². The Bertz CT molecular complexity index is 347. The summed E-state index contributed by atoms with van der Waals surface area (Å²) in [5.41, 5.74) is 0.823. The summed E-state index contributed by atoms with van der Waals surface area (Å²) in [6.45, 7) is 2.82. The van der Waals surface area contributed by atoms with E-state index in [1.165, 1.54) is 19.3 Å². The van der Waals surface area contributed by atoms with Gasteiger partial charge >= 0.3 is 6.03 Å². The van der Waals surface area contributed by atoms with Gasteiger partial charge in [0, 0.05) is 5.69 Å². The van der Waals surface area contributed by atoms with Crippen molar-refractivity contribution in [2.24, 2.45) is 0 Å². The van der Waals surface area contributed by atoms with E-state index < -0.39 is 0 Å². The molecular formula is C13H19N3O. The molecule has 0 spiro atoms. The first-order valence-corrected chi connectivity index (χ1v) is 6.17. The smallest absolute Gasteiger partial charge is 0.320 e. The number of nitrogens with one attached hydrogen (secondary N) is 2. The Kier molecular flexibility index (Phi) is 4.38. The zero-order chi connectivity index (χ0) is 11.9. The molecular weight excluding hydrogens is 214 g/mol. The summed E-state index contributed by atoms with van der Waals surface area (Å²) < 4.78 is 0. The number of nitrogens with zero attached hydrogens (tertiary/aromatic N) is 1. The summed E-state index contributed by atoms with van der Waals surface area (Å²) in [5, 5.41) is 5.68. The number of benzene rings is 1. The zero-order valence-electron chi connectivity index (χ0n) is 9.98. The monoisotopic (exact) mass is 233 g/mol. The molecule has 0 radical (unpaired) electrons. The number of piperidine rings is 1. The number of amides is 2. The van der Waals surface area contributed by atoms with Gasteiger partial charge in [0.2, 0.25) is 0 Å². The van der Waals surface area contributed by atoms with Crippen molar-refractivity contribution in [2.75, 3.05) is 25.1 Å². The average Bonchev–Trinajstić information content (AvgIpc) is 2.39. The lowest BCUT2D eigenvalue weighted by molar-refractivity contribution is 0.207. The van der Waals surface area contributed by atoms with Gasteiger partial charge in [-0.25, -0.2) is 4.79 Å². The maximum absolute atomic E-state index is 11.6. The van der Waals surface area contributed by atoms with Crippen LogP contribution in [-0.4, -0.2) is 30.7 Å². The highest BCUT2D eigenvalue weighted by molar-refractivity contribution is 5.89. The summed E-state index contributed by atoms with van der Waals surface area (Å²) in [5.74, 6) is 0. The molecule has 0 unspecified atom stereocenters. The maximum atomic E-state index is 11.6. The largest absolute Gasteiger partial charge is 0.325 e. The molecule has 0 atom stereocenters. The van der Waals surface area contributed by atoms with Crippen molar-refractivity contribution in [2.45, 2.75) is 19.3 Å². The Morgan fingerprint density at radius 1 is 1.12 bits per heavy atom. The molecule has 1 saturated heterocycles. The molecule has 17 heavy (non-hydrogen) atoms. The lowest BCUT2D eigenvalue weighted by Crippen LogP contribution is -2.41. The van der Waals surface area contributed by atoms with Gasteiger partial charge in [0.1, 0.15) is 0 Å². The second kappa shape index (κ2) is 6.25. The van der Waals surface area contributed by atoms with E-state index in [9.17, 15) is 4.79 Å². The Balaban J connectivity index is 1.70. The quantitative estimate of drug-likeness (QED) is 0.841. The van der Waals surface area contributed by atoms with E-state index in [1.807, 2.05) is 30.3 Å². The highest BCUT2D eigenvalue weighted by Gasteiger charge is 2.10. The molecule has 1 aromatic rings. The van der Waals surface area contributed by atoms with Gasteiger partial charge in [-0.3, -0.25) is 4.90 Å². The molecule has 2 N–H and O–H groups in total. The van der Waals surface area contributed by atoms with Crippen LogP contribution in [0.1, 0.15) is 19.3 Å². The second-order valence-corrected chi connectivity index (χ2v) is 4.33. The number of hydrogen-bond donors (Lipinski definition) is 2. The lowest BCUT2D eigenvalue weighted by Gasteiger charge is -2.26. The van der Waals surface area contributed by atoms with Crippen LogP contribution in [0.25, 0.3) is 0 Å². The van der Waals surface area contributed by atoms with Gasteiger partial charge in [0.05, 0.1) is 6.67 Å². The standard InChI is InChI=1S/C13H19N3O/c17-13(15-12-7-3-1-4-8-12)14-11-16-9-5-2-6-10-16/h1,3-4,7-8H,2,5-6,9-11H2,(H2,14,15,17). The van der Waals surface area contributed by atoms with Crippen LogP contribution in [-0.2, 0) is 0 Å². The molecule has 0 aromatic heterocycles. The highest BCUT2D eigenvalue weighted by atomic mass is 16.2. The van der Waals surface area contributed by atoms with Crippen molar-refractivity contribution in [1.29, 1.82) is 0 Å². The van der Waals surface area contributed by atoms with Gasteiger partial charge in [-0.05, 0) is 38.1 Å². The van der Waals surface area contributed by atoms with Crippen molar-refractivity contribution in [3.05, 3.63) is 30.3 Å².